The van der Waals surface area contributed by atoms with E-state index in [0.29, 0.717) is 11.1 Å². The predicted octanol–water partition coefficient (Wildman–Crippen LogP) is 4.45. The van der Waals surface area contributed by atoms with Gasteiger partial charge in [0, 0.05) is 23.3 Å². The van der Waals surface area contributed by atoms with E-state index in [9.17, 15) is 28.1 Å². The Labute approximate surface area is 133 Å². The number of carbonyl (C=O) groups is 1. The van der Waals surface area contributed by atoms with Crippen LogP contribution >= 0.6 is 11.8 Å². The largest absolute Gasteiger partial charge is 0.336 e. The topological polar surface area (TPSA) is 60.2 Å². The molecular formula is C15H10F3NO3S. The standard InChI is InChI=1S/C13H9NO3.C2HF3S/c15-13(10-4-2-1-3-5-10)11-6-8-12(9-7-11)14(16)17;3-1-2(4,5)6-1/h1-9H;1H. The van der Waals surface area contributed by atoms with E-state index >= 15 is 0 Å². The number of alkyl halides is 3. The highest BCUT2D eigenvalue weighted by Gasteiger charge is 2.60. The van der Waals surface area contributed by atoms with Crippen LogP contribution in [0.2, 0.25) is 0 Å². The zero-order valence-electron chi connectivity index (χ0n) is 11.5. The number of hydrogen-bond donors (Lipinski definition) is 0. The predicted molar refractivity (Wildman–Crippen MR) is 80.4 cm³/mol. The summed E-state index contributed by atoms with van der Waals surface area (Å²) in [6.07, 6.45) is 0. The molecule has 1 aliphatic heterocycles. The summed E-state index contributed by atoms with van der Waals surface area (Å²) in [6, 6.07) is 14.4. The molecule has 0 saturated carbocycles. The molecule has 4 nitrogen and oxygen atoms in total. The number of hydrogen-bond acceptors (Lipinski definition) is 4. The Morgan fingerprint density at radius 2 is 1.48 bits per heavy atom. The minimum Gasteiger partial charge on any atom is -0.289 e. The van der Waals surface area contributed by atoms with Gasteiger partial charge in [0.05, 0.1) is 4.92 Å². The zero-order chi connectivity index (χ0) is 17.0. The number of ketones is 1. The van der Waals surface area contributed by atoms with Crippen molar-refractivity contribution in [3.05, 3.63) is 75.8 Å². The quantitative estimate of drug-likeness (QED) is 0.358. The number of nitro benzene ring substituents is 1. The molecule has 8 heteroatoms. The molecule has 1 atom stereocenters. The van der Waals surface area contributed by atoms with Crippen LogP contribution in [0.3, 0.4) is 0 Å². The molecule has 1 fully saturated rings. The third kappa shape index (κ3) is 4.56. The molecule has 3 rings (SSSR count). The number of benzene rings is 2. The van der Waals surface area contributed by atoms with Gasteiger partial charge in [0.1, 0.15) is 0 Å². The van der Waals surface area contributed by atoms with E-state index in [-0.39, 0.29) is 23.2 Å². The number of nitrogens with zero attached hydrogens (tertiary/aromatic N) is 1. The molecule has 1 aliphatic rings. The van der Waals surface area contributed by atoms with Crippen LogP contribution in [-0.4, -0.2) is 21.5 Å². The van der Waals surface area contributed by atoms with Gasteiger partial charge in [0.15, 0.2) is 5.78 Å². The Bertz CT molecular complexity index is 708. The van der Waals surface area contributed by atoms with Gasteiger partial charge in [-0.3, -0.25) is 14.9 Å². The third-order valence-corrected chi connectivity index (χ3v) is 3.61. The van der Waals surface area contributed by atoms with Crippen molar-refractivity contribution in [2.45, 2.75) is 10.8 Å². The van der Waals surface area contributed by atoms with Crippen molar-refractivity contribution in [2.24, 2.45) is 0 Å². The number of thioether (sulfide) groups is 1. The lowest BCUT2D eigenvalue weighted by Gasteiger charge is -2.00. The van der Waals surface area contributed by atoms with Gasteiger partial charge in [-0.2, -0.15) is 8.78 Å². The van der Waals surface area contributed by atoms with E-state index in [1.807, 2.05) is 6.07 Å². The average molecular weight is 341 g/mol. The molecular weight excluding hydrogens is 331 g/mol. The summed E-state index contributed by atoms with van der Waals surface area (Å²) in [7, 11) is 0. The molecule has 2 aromatic rings. The zero-order valence-corrected chi connectivity index (χ0v) is 12.3. The summed E-state index contributed by atoms with van der Waals surface area (Å²) < 4.78 is 33.3. The van der Waals surface area contributed by atoms with E-state index in [0.717, 1.165) is 0 Å². The fourth-order valence-corrected chi connectivity index (χ4v) is 1.80. The van der Waals surface area contributed by atoms with Gasteiger partial charge >= 0.3 is 5.25 Å². The molecule has 1 saturated heterocycles. The highest BCUT2D eigenvalue weighted by molar-refractivity contribution is 8.08. The summed E-state index contributed by atoms with van der Waals surface area (Å²) >= 11 is 0.0486. The van der Waals surface area contributed by atoms with E-state index in [1.165, 1.54) is 24.3 Å². The molecule has 2 aromatic carbocycles. The van der Waals surface area contributed by atoms with Crippen molar-refractivity contribution in [1.82, 2.24) is 0 Å². The second-order valence-corrected chi connectivity index (χ2v) is 5.69. The summed E-state index contributed by atoms with van der Waals surface area (Å²) in [4.78, 5) is 21.9. The minimum absolute atomic E-state index is 0.0189. The van der Waals surface area contributed by atoms with Crippen LogP contribution in [0.4, 0.5) is 18.9 Å². The van der Waals surface area contributed by atoms with Crippen LogP contribution in [0, 0.1) is 10.1 Å². The van der Waals surface area contributed by atoms with Gasteiger partial charge in [-0.25, -0.2) is 4.39 Å². The smallest absolute Gasteiger partial charge is 0.289 e. The molecule has 120 valence electrons. The minimum atomic E-state index is -3.04. The lowest BCUT2D eigenvalue weighted by atomic mass is 10.0. The second-order valence-electron chi connectivity index (χ2n) is 4.49. The SMILES string of the molecule is FC1SC1(F)F.O=C(c1ccccc1)c1ccc([N+](=O)[O-])cc1. The molecule has 0 spiro atoms. The second kappa shape index (κ2) is 6.82. The van der Waals surface area contributed by atoms with Gasteiger partial charge in [0.25, 0.3) is 5.69 Å². The molecule has 0 amide bonds. The molecule has 0 aromatic heterocycles. The number of non-ortho nitro benzene ring substituents is 1. The molecule has 0 radical (unpaired) electrons. The Morgan fingerprint density at radius 1 is 1.04 bits per heavy atom. The van der Waals surface area contributed by atoms with E-state index < -0.39 is 15.7 Å². The van der Waals surface area contributed by atoms with Crippen molar-refractivity contribution >= 4 is 23.2 Å². The Balaban J connectivity index is 0.000000268. The first-order chi connectivity index (χ1) is 10.8. The molecule has 23 heavy (non-hydrogen) atoms. The molecule has 1 heterocycles. The van der Waals surface area contributed by atoms with Crippen molar-refractivity contribution < 1.29 is 22.9 Å². The van der Waals surface area contributed by atoms with Gasteiger partial charge < -0.3 is 0 Å². The maximum absolute atomic E-state index is 12.0. The third-order valence-electron chi connectivity index (χ3n) is 2.84. The van der Waals surface area contributed by atoms with Gasteiger partial charge in [-0.15, -0.1) is 0 Å². The molecule has 0 aliphatic carbocycles. The lowest BCUT2D eigenvalue weighted by Crippen LogP contribution is -2.00. The van der Waals surface area contributed by atoms with Gasteiger partial charge in [-0.05, 0) is 23.9 Å². The van der Waals surface area contributed by atoms with Crippen LogP contribution < -0.4 is 0 Å². The van der Waals surface area contributed by atoms with Crippen molar-refractivity contribution in [2.75, 3.05) is 0 Å². The van der Waals surface area contributed by atoms with Crippen LogP contribution in [0.15, 0.2) is 54.6 Å². The Morgan fingerprint density at radius 3 is 1.87 bits per heavy atom. The van der Waals surface area contributed by atoms with Gasteiger partial charge in [0.2, 0.25) is 5.50 Å². The number of rotatable bonds is 3. The van der Waals surface area contributed by atoms with Crippen LogP contribution in [0.5, 0.6) is 0 Å². The maximum atomic E-state index is 12.0. The van der Waals surface area contributed by atoms with E-state index in [4.69, 9.17) is 0 Å². The van der Waals surface area contributed by atoms with Crippen molar-refractivity contribution in [3.8, 4) is 0 Å². The van der Waals surface area contributed by atoms with Crippen LogP contribution in [0.25, 0.3) is 0 Å². The number of carbonyl (C=O) groups excluding carboxylic acids is 1. The first kappa shape index (κ1) is 17.0. The Hall–Kier alpha value is -2.35. The summed E-state index contributed by atoms with van der Waals surface area (Å²) in [6.45, 7) is 0. The number of nitro groups is 1. The summed E-state index contributed by atoms with van der Waals surface area (Å²) in [5.74, 6) is -0.138. The Kier molecular flexibility index (Phi) is 5.05. The fourth-order valence-electron chi connectivity index (χ4n) is 1.59. The maximum Gasteiger partial charge on any atom is 0.336 e. The van der Waals surface area contributed by atoms with Crippen LogP contribution in [-0.2, 0) is 0 Å². The summed E-state index contributed by atoms with van der Waals surface area (Å²) in [5, 5.41) is 7.43. The monoisotopic (exact) mass is 341 g/mol. The number of halogens is 3. The molecule has 0 N–H and O–H groups in total. The summed E-state index contributed by atoms with van der Waals surface area (Å²) in [5.41, 5.74) is -0.921. The lowest BCUT2D eigenvalue weighted by molar-refractivity contribution is -0.384. The fraction of sp³-hybridized carbons (Fsp3) is 0.133. The van der Waals surface area contributed by atoms with E-state index in [2.05, 4.69) is 0 Å². The van der Waals surface area contributed by atoms with Crippen molar-refractivity contribution in [1.29, 1.82) is 0 Å². The molecule has 1 unspecified atom stereocenters. The first-order valence-electron chi connectivity index (χ1n) is 6.35. The van der Waals surface area contributed by atoms with E-state index in [1.54, 1.807) is 24.3 Å². The first-order valence-corrected chi connectivity index (χ1v) is 7.23. The molecule has 0 bridgehead atoms. The normalized spacial score (nSPS) is 17.6. The highest BCUT2D eigenvalue weighted by atomic mass is 32.2. The van der Waals surface area contributed by atoms with Crippen molar-refractivity contribution in [3.63, 3.8) is 0 Å². The van der Waals surface area contributed by atoms with Gasteiger partial charge in [-0.1, -0.05) is 30.3 Å². The van der Waals surface area contributed by atoms with Crippen LogP contribution in [0.1, 0.15) is 15.9 Å². The average Bonchev–Trinajstić information content (AvgIpc) is 3.11. The highest BCUT2D eigenvalue weighted by Crippen LogP contribution is 2.56.